The van der Waals surface area contributed by atoms with Gasteiger partial charge in [0, 0.05) is 50.1 Å². The molecule has 13 nitrogen and oxygen atoms in total. The van der Waals surface area contributed by atoms with Crippen LogP contribution in [0, 0.1) is 6.92 Å². The second-order valence-corrected chi connectivity index (χ2v) is 9.03. The van der Waals surface area contributed by atoms with Gasteiger partial charge in [0.2, 0.25) is 0 Å². The molecule has 0 aliphatic heterocycles. The molecule has 0 spiro atoms. The predicted octanol–water partition coefficient (Wildman–Crippen LogP) is 1.91. The Labute approximate surface area is 231 Å². The number of nitrogens with two attached hydrogens (primary N) is 2. The summed E-state index contributed by atoms with van der Waals surface area (Å²) < 4.78 is 37.1. The van der Waals surface area contributed by atoms with E-state index in [1.807, 2.05) is 50.2 Å². The number of hydrogen-bond donors (Lipinski definition) is 7. The molecule has 0 radical (unpaired) electrons. The summed E-state index contributed by atoms with van der Waals surface area (Å²) in [5.74, 6) is 0.697. The molecule has 1 atom stereocenters. The number of hydrogen-bond acceptors (Lipinski definition) is 11. The van der Waals surface area contributed by atoms with Crippen LogP contribution in [0.4, 0.5) is 22.7 Å². The van der Waals surface area contributed by atoms with Crippen molar-refractivity contribution in [2.45, 2.75) is 40.2 Å². The summed E-state index contributed by atoms with van der Waals surface area (Å²) in [6, 6.07) is 11.4. The van der Waals surface area contributed by atoms with Gasteiger partial charge in [-0.15, -0.1) is 0 Å². The first-order valence-electron chi connectivity index (χ1n) is 12.4. The number of hydroxylamine groups is 1. The normalized spacial score (nSPS) is 11.4. The molecule has 39 heavy (non-hydrogen) atoms. The Morgan fingerprint density at radius 1 is 0.923 bits per heavy atom. The molecule has 2 rings (SSSR count). The molecule has 1 unspecified atom stereocenters. The molecule has 0 aliphatic carbocycles. The number of ether oxygens (including phenoxy) is 1. The highest BCUT2D eigenvalue weighted by molar-refractivity contribution is 7.79. The predicted molar refractivity (Wildman–Crippen MR) is 153 cm³/mol. The van der Waals surface area contributed by atoms with E-state index in [9.17, 15) is 5.11 Å². The Balaban J connectivity index is 0.000000632. The molecule has 2 aromatic rings. The second kappa shape index (κ2) is 19.2. The van der Waals surface area contributed by atoms with Crippen LogP contribution in [-0.4, -0.2) is 85.0 Å². The highest BCUT2D eigenvalue weighted by Gasteiger charge is 2.10. The maximum atomic E-state index is 9.23. The van der Waals surface area contributed by atoms with Gasteiger partial charge in [0.1, 0.15) is 18.5 Å². The lowest BCUT2D eigenvalue weighted by atomic mass is 10.2. The highest BCUT2D eigenvalue weighted by atomic mass is 32.3. The Bertz CT molecular complexity index is 1050. The summed E-state index contributed by atoms with van der Waals surface area (Å²) >= 11 is 0. The van der Waals surface area contributed by atoms with E-state index in [-0.39, 0.29) is 19.8 Å². The van der Waals surface area contributed by atoms with Crippen LogP contribution in [0.2, 0.25) is 0 Å². The molecule has 2 aromatic carbocycles. The molecule has 0 saturated carbocycles. The lowest BCUT2D eigenvalue weighted by Gasteiger charge is -2.24. The van der Waals surface area contributed by atoms with Crippen molar-refractivity contribution in [1.29, 1.82) is 0 Å². The molecule has 0 fully saturated rings. The van der Waals surface area contributed by atoms with Crippen molar-refractivity contribution in [2.75, 3.05) is 67.5 Å². The molecule has 0 amide bonds. The number of aliphatic hydroxyl groups excluding tert-OH is 3. The van der Waals surface area contributed by atoms with Crippen molar-refractivity contribution < 1.29 is 42.4 Å². The molecule has 0 saturated heterocycles. The van der Waals surface area contributed by atoms with Gasteiger partial charge >= 0.3 is 10.4 Å². The number of aliphatic hydroxyl groups is 3. The molecule has 0 heterocycles. The minimum atomic E-state index is -4.67. The number of nitrogens with zero attached hydrogens (tertiary/aromatic N) is 2. The van der Waals surface area contributed by atoms with E-state index in [4.69, 9.17) is 48.8 Å². The van der Waals surface area contributed by atoms with Crippen LogP contribution in [0.15, 0.2) is 36.4 Å². The summed E-state index contributed by atoms with van der Waals surface area (Å²) in [6.45, 7) is 11.0. The summed E-state index contributed by atoms with van der Waals surface area (Å²) in [5, 5.41) is 28.3. The Morgan fingerprint density at radius 2 is 1.49 bits per heavy atom. The number of aryl methyl sites for hydroxylation is 1. The van der Waals surface area contributed by atoms with E-state index < -0.39 is 16.5 Å². The summed E-state index contributed by atoms with van der Waals surface area (Å²) in [5.41, 5.74) is 15.9. The minimum Gasteiger partial charge on any atom is -0.491 e. The van der Waals surface area contributed by atoms with E-state index in [1.165, 1.54) is 0 Å². The van der Waals surface area contributed by atoms with Crippen molar-refractivity contribution in [3.63, 3.8) is 0 Å². The van der Waals surface area contributed by atoms with Crippen LogP contribution in [-0.2, 0) is 15.2 Å². The molecule has 0 aromatic heterocycles. The monoisotopic (exact) mass is 576 g/mol. The van der Waals surface area contributed by atoms with E-state index in [0.29, 0.717) is 31.0 Å². The Hall–Kier alpha value is -2.85. The summed E-state index contributed by atoms with van der Waals surface area (Å²) in [4.78, 5) is 7.64. The number of rotatable bonds is 13. The second-order valence-electron chi connectivity index (χ2n) is 8.14. The fraction of sp³-hybridized carbons (Fsp3) is 0.520. The van der Waals surface area contributed by atoms with Crippen molar-refractivity contribution in [3.05, 3.63) is 42.0 Å². The van der Waals surface area contributed by atoms with Crippen LogP contribution < -0.4 is 26.2 Å². The van der Waals surface area contributed by atoms with Gasteiger partial charge in [-0.25, -0.2) is 0 Å². The van der Waals surface area contributed by atoms with Crippen LogP contribution in [0.3, 0.4) is 0 Å². The van der Waals surface area contributed by atoms with Crippen molar-refractivity contribution in [2.24, 2.45) is 0 Å². The third-order valence-electron chi connectivity index (χ3n) is 5.15. The van der Waals surface area contributed by atoms with Gasteiger partial charge in [-0.2, -0.15) is 8.42 Å². The van der Waals surface area contributed by atoms with Crippen LogP contribution in [0.1, 0.15) is 32.8 Å². The zero-order valence-corrected chi connectivity index (χ0v) is 23.8. The summed E-state index contributed by atoms with van der Waals surface area (Å²) in [6.07, 6.45) is -0.242. The zero-order valence-electron chi connectivity index (χ0n) is 23.0. The minimum absolute atomic E-state index is 0.0633. The first-order valence-corrected chi connectivity index (χ1v) is 13.8. The molecular formula is C25H44N4O9S. The fourth-order valence-corrected chi connectivity index (χ4v) is 3.07. The quantitative estimate of drug-likeness (QED) is 0.0786. The van der Waals surface area contributed by atoms with E-state index >= 15 is 0 Å². The molecule has 224 valence electrons. The maximum absolute atomic E-state index is 9.23. The third kappa shape index (κ3) is 16.0. The van der Waals surface area contributed by atoms with Gasteiger partial charge in [0.15, 0.2) is 0 Å². The van der Waals surface area contributed by atoms with Crippen LogP contribution in [0.25, 0.3) is 0 Å². The fourth-order valence-electron chi connectivity index (χ4n) is 3.07. The zero-order chi connectivity index (χ0) is 30.0. The van der Waals surface area contributed by atoms with Crippen LogP contribution >= 0.6 is 0 Å². The van der Waals surface area contributed by atoms with Gasteiger partial charge in [-0.1, -0.05) is 0 Å². The Morgan fingerprint density at radius 3 is 1.97 bits per heavy atom. The van der Waals surface area contributed by atoms with E-state index in [1.54, 1.807) is 5.06 Å². The molecule has 14 heteroatoms. The van der Waals surface area contributed by atoms with Gasteiger partial charge in [0.05, 0.1) is 24.6 Å². The van der Waals surface area contributed by atoms with Crippen molar-refractivity contribution in [3.8, 4) is 5.75 Å². The van der Waals surface area contributed by atoms with Gasteiger partial charge < -0.3 is 36.4 Å². The number of anilines is 4. The number of nitrogen functional groups attached to an aromatic ring is 2. The summed E-state index contributed by atoms with van der Waals surface area (Å²) in [7, 11) is -4.67. The molecular weight excluding hydrogens is 532 g/mol. The van der Waals surface area contributed by atoms with Crippen molar-refractivity contribution >= 4 is 33.1 Å². The largest absolute Gasteiger partial charge is 0.491 e. The van der Waals surface area contributed by atoms with Gasteiger partial charge in [0.25, 0.3) is 0 Å². The van der Waals surface area contributed by atoms with E-state index in [2.05, 4.69) is 18.7 Å². The first-order chi connectivity index (χ1) is 18.3. The average Bonchev–Trinajstić information content (AvgIpc) is 2.88. The number of benzene rings is 2. The van der Waals surface area contributed by atoms with Crippen LogP contribution in [0.5, 0.6) is 5.75 Å². The smallest absolute Gasteiger partial charge is 0.394 e. The highest BCUT2D eigenvalue weighted by Crippen LogP contribution is 2.27. The maximum Gasteiger partial charge on any atom is 0.394 e. The third-order valence-corrected chi connectivity index (χ3v) is 5.15. The topological polar surface area (TPSA) is 212 Å². The van der Waals surface area contributed by atoms with E-state index in [0.717, 1.165) is 35.7 Å². The first kappa shape index (κ1) is 36.1. The molecule has 9 N–H and O–H groups in total. The van der Waals surface area contributed by atoms with Gasteiger partial charge in [-0.05, 0) is 63.6 Å². The molecule has 0 aliphatic rings. The lowest BCUT2D eigenvalue weighted by Crippen LogP contribution is -2.30. The average molecular weight is 577 g/mol. The van der Waals surface area contributed by atoms with Gasteiger partial charge in [-0.3, -0.25) is 19.0 Å². The lowest BCUT2D eigenvalue weighted by molar-refractivity contribution is -0.00273. The van der Waals surface area contributed by atoms with Crippen molar-refractivity contribution in [1.82, 2.24) is 0 Å². The standard InChI is InChI=1S/C13H22N2O2.C12H20N2O3.H2O4S/c1-3-15(4-2)11-6-7-12(14)13(10-11)17-9-5-8-16;1-3-14(17-8-11(16)7-15)10-4-5-12(13)9(2)6-10;1-5(2,3)4/h6-7,10,16H,3-5,8-9,14H2,1-2H3;4-6,11,15-16H,3,7-8,13H2,1-2H3;(H2,1,2,3,4). The Kier molecular flexibility index (Phi) is 17.8. The molecule has 0 bridgehead atoms. The SMILES string of the molecule is CCN(CC)c1ccc(N)c(OCCCO)c1.CCN(OCC(O)CO)c1ccc(N)c(C)c1.O=S(=O)(O)O.